The third-order valence-corrected chi connectivity index (χ3v) is 3.68. The molecular weight excluding hydrogens is 267 g/mol. The number of rotatable bonds is 7. The Bertz CT molecular complexity index is 394. The lowest BCUT2D eigenvalue weighted by Gasteiger charge is -2.38. The molecule has 0 aliphatic rings. The van der Waals surface area contributed by atoms with E-state index in [0.717, 1.165) is 5.56 Å². The molecule has 6 heteroatoms. The summed E-state index contributed by atoms with van der Waals surface area (Å²) in [5.74, 6) is 0. The van der Waals surface area contributed by atoms with E-state index in [-0.39, 0.29) is 6.42 Å². The highest BCUT2D eigenvalue weighted by atomic mass is 19.4. The maximum absolute atomic E-state index is 12.2. The number of aromatic nitrogens is 1. The van der Waals surface area contributed by atoms with Gasteiger partial charge in [-0.3, -0.25) is 9.88 Å². The zero-order valence-corrected chi connectivity index (χ0v) is 12.0. The second-order valence-electron chi connectivity index (χ2n) is 5.39. The molecule has 0 spiro atoms. The fourth-order valence-corrected chi connectivity index (χ4v) is 2.07. The van der Waals surface area contributed by atoms with Crippen molar-refractivity contribution in [1.82, 2.24) is 9.88 Å². The lowest BCUT2D eigenvalue weighted by molar-refractivity contribution is -0.136. The van der Waals surface area contributed by atoms with Crippen LogP contribution in [0.4, 0.5) is 13.2 Å². The summed E-state index contributed by atoms with van der Waals surface area (Å²) in [5.41, 5.74) is 6.35. The molecule has 20 heavy (non-hydrogen) atoms. The predicted octanol–water partition coefficient (Wildman–Crippen LogP) is 2.96. The molecule has 0 fully saturated rings. The van der Waals surface area contributed by atoms with E-state index in [1.54, 1.807) is 12.4 Å². The first-order valence-corrected chi connectivity index (χ1v) is 6.64. The number of hydrogen-bond acceptors (Lipinski definition) is 3. The topological polar surface area (TPSA) is 42.2 Å². The molecule has 3 nitrogen and oxygen atoms in total. The van der Waals surface area contributed by atoms with E-state index in [4.69, 9.17) is 5.73 Å². The average molecular weight is 289 g/mol. The molecule has 0 saturated heterocycles. The third-order valence-electron chi connectivity index (χ3n) is 3.68. The Hall–Kier alpha value is -1.14. The smallest absolute Gasteiger partial charge is 0.329 e. The van der Waals surface area contributed by atoms with E-state index in [9.17, 15) is 13.2 Å². The van der Waals surface area contributed by atoms with Gasteiger partial charge in [0.15, 0.2) is 0 Å². The number of halogens is 3. The molecule has 0 radical (unpaired) electrons. The largest absolute Gasteiger partial charge is 0.389 e. The van der Waals surface area contributed by atoms with E-state index in [1.807, 2.05) is 31.0 Å². The average Bonchev–Trinajstić information content (AvgIpc) is 2.38. The van der Waals surface area contributed by atoms with Crippen LogP contribution in [0.25, 0.3) is 0 Å². The summed E-state index contributed by atoms with van der Waals surface area (Å²) in [7, 11) is 1.88. The minimum absolute atomic E-state index is 0.0918. The molecule has 0 aliphatic heterocycles. The molecule has 1 atom stereocenters. The van der Waals surface area contributed by atoms with Crippen LogP contribution in [0.5, 0.6) is 0 Å². The van der Waals surface area contributed by atoms with Gasteiger partial charge in [0.2, 0.25) is 0 Å². The molecule has 2 N–H and O–H groups in total. The lowest BCUT2D eigenvalue weighted by Crippen LogP contribution is -2.49. The molecule has 0 amide bonds. The van der Waals surface area contributed by atoms with Crippen LogP contribution in [0.15, 0.2) is 24.5 Å². The summed E-state index contributed by atoms with van der Waals surface area (Å²) in [6.07, 6.45) is -0.910. The van der Waals surface area contributed by atoms with Crippen LogP contribution in [-0.2, 0) is 6.54 Å². The molecule has 1 unspecified atom stereocenters. The van der Waals surface area contributed by atoms with Crippen molar-refractivity contribution in [2.75, 3.05) is 13.6 Å². The molecule has 1 aromatic heterocycles. The minimum Gasteiger partial charge on any atom is -0.329 e. The first kappa shape index (κ1) is 16.9. The van der Waals surface area contributed by atoms with E-state index < -0.39 is 18.1 Å². The second kappa shape index (κ2) is 7.04. The minimum atomic E-state index is -4.10. The second-order valence-corrected chi connectivity index (χ2v) is 5.39. The van der Waals surface area contributed by atoms with E-state index in [2.05, 4.69) is 4.98 Å². The van der Waals surface area contributed by atoms with Crippen molar-refractivity contribution in [2.45, 2.75) is 44.4 Å². The summed E-state index contributed by atoms with van der Waals surface area (Å²) < 4.78 is 36.7. The van der Waals surface area contributed by atoms with Gasteiger partial charge in [0.25, 0.3) is 0 Å². The summed E-state index contributed by atoms with van der Waals surface area (Å²) in [4.78, 5) is 6.03. The number of hydrogen-bond donors (Lipinski definition) is 1. The molecular formula is C14H22F3N3. The highest BCUT2D eigenvalue weighted by molar-refractivity contribution is 5.09. The van der Waals surface area contributed by atoms with Crippen molar-refractivity contribution in [2.24, 2.45) is 5.73 Å². The monoisotopic (exact) mass is 289 g/mol. The van der Waals surface area contributed by atoms with Crippen molar-refractivity contribution in [3.63, 3.8) is 0 Å². The van der Waals surface area contributed by atoms with E-state index in [0.29, 0.717) is 19.5 Å². The van der Waals surface area contributed by atoms with Crippen LogP contribution >= 0.6 is 0 Å². The van der Waals surface area contributed by atoms with Crippen molar-refractivity contribution >= 4 is 0 Å². The van der Waals surface area contributed by atoms with Gasteiger partial charge in [-0.1, -0.05) is 6.07 Å². The molecule has 114 valence electrons. The quantitative estimate of drug-likeness (QED) is 0.839. The van der Waals surface area contributed by atoms with E-state index >= 15 is 0 Å². The standard InChI is InChI=1S/C14H22F3N3/c1-13(11-18,6-4-7-14(15,16)17)20(2)10-12-5-3-8-19-9-12/h3,5,8-9H,4,6-7,10-11,18H2,1-2H3. The Morgan fingerprint density at radius 1 is 1.30 bits per heavy atom. The predicted molar refractivity (Wildman–Crippen MR) is 73.1 cm³/mol. The zero-order chi connectivity index (χ0) is 15.2. The first-order chi connectivity index (χ1) is 9.27. The Morgan fingerprint density at radius 2 is 2.00 bits per heavy atom. The Morgan fingerprint density at radius 3 is 2.50 bits per heavy atom. The fourth-order valence-electron chi connectivity index (χ4n) is 2.07. The normalized spacial score (nSPS) is 15.3. The van der Waals surface area contributed by atoms with Crippen LogP contribution < -0.4 is 5.73 Å². The van der Waals surface area contributed by atoms with Crippen molar-refractivity contribution in [3.8, 4) is 0 Å². The summed E-state index contributed by atoms with van der Waals surface area (Å²) in [5, 5.41) is 0. The molecule has 0 aromatic carbocycles. The fraction of sp³-hybridized carbons (Fsp3) is 0.643. The van der Waals surface area contributed by atoms with Crippen molar-refractivity contribution in [3.05, 3.63) is 30.1 Å². The van der Waals surface area contributed by atoms with Gasteiger partial charge in [0.05, 0.1) is 0 Å². The van der Waals surface area contributed by atoms with Crippen LogP contribution in [0, 0.1) is 0 Å². The highest BCUT2D eigenvalue weighted by Gasteiger charge is 2.31. The number of nitrogens with zero attached hydrogens (tertiary/aromatic N) is 2. The Kier molecular flexibility index (Phi) is 5.95. The summed E-state index contributed by atoms with van der Waals surface area (Å²) in [6, 6.07) is 3.78. The summed E-state index contributed by atoms with van der Waals surface area (Å²) in [6.45, 7) is 2.84. The van der Waals surface area contributed by atoms with Gasteiger partial charge < -0.3 is 5.73 Å². The molecule has 1 heterocycles. The number of pyridine rings is 1. The SMILES string of the molecule is CN(Cc1cccnc1)C(C)(CN)CCCC(F)(F)F. The van der Waals surface area contributed by atoms with Gasteiger partial charge in [0, 0.05) is 37.4 Å². The zero-order valence-electron chi connectivity index (χ0n) is 12.0. The van der Waals surface area contributed by atoms with Gasteiger partial charge in [0.1, 0.15) is 0 Å². The lowest BCUT2D eigenvalue weighted by atomic mass is 9.92. The summed E-state index contributed by atoms with van der Waals surface area (Å²) >= 11 is 0. The Balaban J connectivity index is 2.58. The van der Waals surface area contributed by atoms with Crippen LogP contribution in [0.3, 0.4) is 0 Å². The van der Waals surface area contributed by atoms with Crippen LogP contribution in [-0.4, -0.2) is 35.2 Å². The maximum atomic E-state index is 12.2. The van der Waals surface area contributed by atoms with Crippen molar-refractivity contribution < 1.29 is 13.2 Å². The van der Waals surface area contributed by atoms with Gasteiger partial charge >= 0.3 is 6.18 Å². The van der Waals surface area contributed by atoms with Crippen molar-refractivity contribution in [1.29, 1.82) is 0 Å². The number of likely N-dealkylation sites (N-methyl/N-ethyl adjacent to an activating group) is 1. The number of nitrogens with two attached hydrogens (primary N) is 1. The molecule has 1 aromatic rings. The highest BCUT2D eigenvalue weighted by Crippen LogP contribution is 2.27. The maximum Gasteiger partial charge on any atom is 0.389 e. The van der Waals surface area contributed by atoms with Crippen LogP contribution in [0.1, 0.15) is 31.7 Å². The molecule has 0 aliphatic carbocycles. The van der Waals surface area contributed by atoms with Gasteiger partial charge in [-0.2, -0.15) is 13.2 Å². The molecule has 0 saturated carbocycles. The Labute approximate surface area is 118 Å². The molecule has 1 rings (SSSR count). The number of alkyl halides is 3. The van der Waals surface area contributed by atoms with Gasteiger partial charge in [-0.05, 0) is 38.4 Å². The van der Waals surface area contributed by atoms with E-state index in [1.165, 1.54) is 0 Å². The first-order valence-electron chi connectivity index (χ1n) is 6.64. The van der Waals surface area contributed by atoms with Gasteiger partial charge in [-0.25, -0.2) is 0 Å². The third kappa shape index (κ3) is 5.46. The molecule has 0 bridgehead atoms. The van der Waals surface area contributed by atoms with Crippen LogP contribution in [0.2, 0.25) is 0 Å². The van der Waals surface area contributed by atoms with Gasteiger partial charge in [-0.15, -0.1) is 0 Å².